The predicted molar refractivity (Wildman–Crippen MR) is 52.1 cm³/mol. The maximum Gasteiger partial charge on any atom is 2.00 e. The fourth-order valence-corrected chi connectivity index (χ4v) is 0.428. The van der Waals surface area contributed by atoms with E-state index < -0.39 is 0 Å². The summed E-state index contributed by atoms with van der Waals surface area (Å²) in [6.07, 6.45) is 0. The maximum absolute atomic E-state index is 8.63. The van der Waals surface area contributed by atoms with Crippen LogP contribution in [0.3, 0.4) is 0 Å². The van der Waals surface area contributed by atoms with Crippen LogP contribution in [-0.4, -0.2) is 28.2 Å². The Hall–Kier alpha value is 0.0762. The van der Waals surface area contributed by atoms with Crippen LogP contribution in [-0.2, 0) is 0 Å². The molecule has 0 aliphatic carbocycles. The third-order valence-electron chi connectivity index (χ3n) is 0.756. The zero-order valence-corrected chi connectivity index (χ0v) is 8.89. The molecule has 1 aromatic carbocycles. The zero-order valence-electron chi connectivity index (χ0n) is 6.66. The van der Waals surface area contributed by atoms with Crippen molar-refractivity contribution < 1.29 is 5.11 Å². The van der Waals surface area contributed by atoms with Crippen LogP contribution in [0.4, 0.5) is 0 Å². The van der Waals surface area contributed by atoms with E-state index in [1.54, 1.807) is 31.2 Å². The average molecular weight is 184 g/mol. The molecule has 0 heterocycles. The van der Waals surface area contributed by atoms with Gasteiger partial charge in [-0.25, -0.2) is 0 Å². The molecule has 11 heavy (non-hydrogen) atoms. The van der Waals surface area contributed by atoms with Gasteiger partial charge in [-0.2, -0.15) is 6.92 Å². The summed E-state index contributed by atoms with van der Waals surface area (Å²) in [4.78, 5) is 0. The van der Waals surface area contributed by atoms with Gasteiger partial charge in [0.05, 0.1) is 0 Å². The van der Waals surface area contributed by atoms with E-state index in [2.05, 4.69) is 6.92 Å². The summed E-state index contributed by atoms with van der Waals surface area (Å²) in [6, 6.07) is 8.71. The Morgan fingerprint density at radius 1 is 1.09 bits per heavy atom. The Labute approximate surface area is 90.4 Å². The molecular weight excluding hydrogens is 172 g/mol. The molecule has 1 nitrogen and oxygen atoms in total. The minimum Gasteiger partial charge on any atom is -0.508 e. The van der Waals surface area contributed by atoms with E-state index in [0.717, 1.165) is 0 Å². The summed E-state index contributed by atoms with van der Waals surface area (Å²) in [5.41, 5.74) is 0. The Morgan fingerprint density at radius 3 is 1.64 bits per heavy atom. The summed E-state index contributed by atoms with van der Waals surface area (Å²) < 4.78 is 0. The number of hydrogen-bond donors (Lipinski definition) is 1. The number of para-hydroxylation sites is 1. The third-order valence-corrected chi connectivity index (χ3v) is 0.756. The zero-order chi connectivity index (χ0) is 7.11. The van der Waals surface area contributed by atoms with Gasteiger partial charge in [0.15, 0.2) is 0 Å². The first-order chi connectivity index (χ1) is 4.39. The normalized spacial score (nSPS) is 6.00. The van der Waals surface area contributed by atoms with E-state index >= 15 is 0 Å². The van der Waals surface area contributed by atoms with Gasteiger partial charge in [-0.05, 0) is 12.1 Å². The quantitative estimate of drug-likeness (QED) is 0.484. The Bertz CT molecular complexity index is 144. The molecule has 0 radical (unpaired) electrons. The molecule has 0 aromatic heterocycles. The van der Waals surface area contributed by atoms with Crippen molar-refractivity contribution in [3.8, 4) is 5.75 Å². The van der Waals surface area contributed by atoms with Gasteiger partial charge in [-0.3, -0.25) is 0 Å². The van der Waals surface area contributed by atoms with Crippen LogP contribution in [0.25, 0.3) is 0 Å². The van der Waals surface area contributed by atoms with Gasteiger partial charge < -0.3 is 12.0 Å². The number of phenols is 1. The van der Waals surface area contributed by atoms with Crippen LogP contribution >= 0.6 is 12.4 Å². The van der Waals surface area contributed by atoms with Crippen LogP contribution in [0.1, 0.15) is 6.92 Å². The maximum atomic E-state index is 8.63. The van der Waals surface area contributed by atoms with Crippen LogP contribution in [0.2, 0.25) is 0 Å². The summed E-state index contributed by atoms with van der Waals surface area (Å²) >= 11 is 0. The molecule has 0 aliphatic rings. The molecule has 0 fully saturated rings. The molecule has 0 saturated carbocycles. The van der Waals surface area contributed by atoms with Crippen LogP contribution < -0.4 is 0 Å². The first-order valence-electron chi connectivity index (χ1n) is 2.84. The molecule has 1 aromatic rings. The van der Waals surface area contributed by atoms with Crippen LogP contribution in [0, 0.1) is 6.92 Å². The molecule has 0 spiro atoms. The van der Waals surface area contributed by atoms with Gasteiger partial charge >= 0.3 is 23.1 Å². The molecule has 1 rings (SSSR count). The van der Waals surface area contributed by atoms with E-state index in [0.29, 0.717) is 5.75 Å². The Kier molecular flexibility index (Phi) is 19.9. The number of benzene rings is 1. The molecule has 0 unspecified atom stereocenters. The number of aromatic hydroxyl groups is 1. The van der Waals surface area contributed by atoms with E-state index in [9.17, 15) is 0 Å². The third kappa shape index (κ3) is 10.1. The van der Waals surface area contributed by atoms with Crippen LogP contribution in [0.5, 0.6) is 5.75 Å². The summed E-state index contributed by atoms with van der Waals surface area (Å²) in [7, 11) is 0. The number of phenolic OH excluding ortho intramolecular Hbond substituents is 1. The number of halogens is 1. The van der Waals surface area contributed by atoms with Crippen molar-refractivity contribution in [2.45, 2.75) is 6.92 Å². The van der Waals surface area contributed by atoms with Crippen molar-refractivity contribution in [1.29, 1.82) is 0 Å². The summed E-state index contributed by atoms with van der Waals surface area (Å²) in [5.74, 6) is 0.322. The molecule has 3 heteroatoms. The van der Waals surface area contributed by atoms with Crippen molar-refractivity contribution in [3.05, 3.63) is 37.3 Å². The monoisotopic (exact) mass is 183 g/mol. The van der Waals surface area contributed by atoms with Gasteiger partial charge in [-0.1, -0.05) is 18.2 Å². The van der Waals surface area contributed by atoms with Gasteiger partial charge in [-0.15, -0.1) is 12.4 Å². The van der Waals surface area contributed by atoms with Crippen molar-refractivity contribution in [2.75, 3.05) is 0 Å². The van der Waals surface area contributed by atoms with E-state index in [4.69, 9.17) is 5.11 Å². The molecule has 0 amide bonds. The second-order valence-corrected chi connectivity index (χ2v) is 1.34. The van der Waals surface area contributed by atoms with Crippen molar-refractivity contribution in [1.82, 2.24) is 0 Å². The number of rotatable bonds is 0. The fraction of sp³-hybridized carbons (Fsp3) is 0.125. The fourth-order valence-electron chi connectivity index (χ4n) is 0.428. The molecular formula is C8H12ClMgO+. The van der Waals surface area contributed by atoms with Crippen molar-refractivity contribution in [3.63, 3.8) is 0 Å². The Balaban J connectivity index is -0.000000149. The largest absolute Gasteiger partial charge is 2.00 e. The summed E-state index contributed by atoms with van der Waals surface area (Å²) in [5, 5.41) is 8.63. The Morgan fingerprint density at radius 2 is 1.45 bits per heavy atom. The molecule has 0 bridgehead atoms. The van der Waals surface area contributed by atoms with E-state index in [1.165, 1.54) is 0 Å². The molecule has 1 N–H and O–H groups in total. The van der Waals surface area contributed by atoms with Crippen molar-refractivity contribution >= 4 is 35.5 Å². The minimum atomic E-state index is 0. The standard InChI is InChI=1S/C6H6O.C2H5.ClH.Mg/c7-6-4-2-1-3-5-6;1-2;;/h1-5,7H;1H2,2H3;1H;/q;-1;;+2. The first kappa shape index (κ1) is 17.2. The number of hydrogen-bond acceptors (Lipinski definition) is 1. The van der Waals surface area contributed by atoms with Gasteiger partial charge in [0, 0.05) is 0 Å². The van der Waals surface area contributed by atoms with Crippen LogP contribution in [0.15, 0.2) is 30.3 Å². The van der Waals surface area contributed by atoms with Crippen molar-refractivity contribution in [2.24, 2.45) is 0 Å². The smallest absolute Gasteiger partial charge is 0.508 e. The first-order valence-corrected chi connectivity index (χ1v) is 2.84. The topological polar surface area (TPSA) is 20.2 Å². The predicted octanol–water partition coefficient (Wildman–Crippen LogP) is 2.27. The molecule has 0 aliphatic heterocycles. The SMILES string of the molecule is Cl.Oc1ccccc1.[CH2-]C.[Mg+2]. The molecule has 0 atom stereocenters. The second-order valence-electron chi connectivity index (χ2n) is 1.34. The van der Waals surface area contributed by atoms with E-state index in [1.807, 2.05) is 6.07 Å². The van der Waals surface area contributed by atoms with Gasteiger partial charge in [0.1, 0.15) is 5.75 Å². The average Bonchev–Trinajstić information content (AvgIpc) is 1.94. The van der Waals surface area contributed by atoms with Gasteiger partial charge in [0.2, 0.25) is 0 Å². The van der Waals surface area contributed by atoms with E-state index in [-0.39, 0.29) is 35.5 Å². The van der Waals surface area contributed by atoms with Gasteiger partial charge in [0.25, 0.3) is 0 Å². The minimum absolute atomic E-state index is 0. The molecule has 0 saturated heterocycles. The summed E-state index contributed by atoms with van der Waals surface area (Å²) in [6.45, 7) is 5.00. The second kappa shape index (κ2) is 12.7. The molecule has 58 valence electrons.